The van der Waals surface area contributed by atoms with Gasteiger partial charge in [-0.3, -0.25) is 0 Å². The summed E-state index contributed by atoms with van der Waals surface area (Å²) in [6, 6.07) is 8.98. The average Bonchev–Trinajstić information content (AvgIpc) is 2.06. The standard InChI is InChI=1S/C10H12ClF/c1-8(11)10(2,12)9-6-4-3-5-7-9/h3-8H,1-2H3. The zero-order valence-electron chi connectivity index (χ0n) is 7.22. The molecule has 0 heterocycles. The van der Waals surface area contributed by atoms with Crippen molar-refractivity contribution in [2.45, 2.75) is 24.9 Å². The topological polar surface area (TPSA) is 0 Å². The van der Waals surface area contributed by atoms with Crippen LogP contribution in [0.1, 0.15) is 19.4 Å². The van der Waals surface area contributed by atoms with Crippen molar-refractivity contribution >= 4 is 11.6 Å². The first-order valence-electron chi connectivity index (χ1n) is 3.93. The monoisotopic (exact) mass is 186 g/mol. The van der Waals surface area contributed by atoms with Gasteiger partial charge in [0.1, 0.15) is 5.67 Å². The highest BCUT2D eigenvalue weighted by atomic mass is 35.5. The molecule has 0 saturated carbocycles. The van der Waals surface area contributed by atoms with E-state index in [0.717, 1.165) is 0 Å². The number of rotatable bonds is 2. The maximum absolute atomic E-state index is 13.8. The molecule has 0 saturated heterocycles. The van der Waals surface area contributed by atoms with E-state index in [4.69, 9.17) is 11.6 Å². The molecule has 2 heteroatoms. The summed E-state index contributed by atoms with van der Waals surface area (Å²) in [5.41, 5.74) is -0.810. The van der Waals surface area contributed by atoms with E-state index in [9.17, 15) is 4.39 Å². The molecule has 0 N–H and O–H groups in total. The van der Waals surface area contributed by atoms with E-state index in [1.807, 2.05) is 18.2 Å². The molecule has 0 amide bonds. The summed E-state index contributed by atoms with van der Waals surface area (Å²) in [5, 5.41) is -0.514. The minimum absolute atomic E-state index is 0.514. The first-order chi connectivity index (χ1) is 5.55. The maximum Gasteiger partial charge on any atom is 0.149 e. The summed E-state index contributed by atoms with van der Waals surface area (Å²) in [4.78, 5) is 0. The summed E-state index contributed by atoms with van der Waals surface area (Å²) in [6.45, 7) is 3.16. The van der Waals surface area contributed by atoms with Gasteiger partial charge >= 0.3 is 0 Å². The minimum atomic E-state index is -1.44. The van der Waals surface area contributed by atoms with Crippen LogP contribution in [0, 0.1) is 0 Å². The van der Waals surface area contributed by atoms with Gasteiger partial charge < -0.3 is 0 Å². The lowest BCUT2D eigenvalue weighted by molar-refractivity contribution is 0.190. The van der Waals surface area contributed by atoms with E-state index in [1.165, 1.54) is 6.92 Å². The van der Waals surface area contributed by atoms with Crippen molar-refractivity contribution in [3.63, 3.8) is 0 Å². The second-order valence-electron chi connectivity index (χ2n) is 3.06. The number of hydrogen-bond acceptors (Lipinski definition) is 0. The lowest BCUT2D eigenvalue weighted by Crippen LogP contribution is -2.25. The fourth-order valence-electron chi connectivity index (χ4n) is 0.994. The predicted octanol–water partition coefficient (Wildman–Crippen LogP) is 3.50. The maximum atomic E-state index is 13.8. The Labute approximate surface area is 77.4 Å². The average molecular weight is 187 g/mol. The van der Waals surface area contributed by atoms with Crippen molar-refractivity contribution in [2.75, 3.05) is 0 Å². The lowest BCUT2D eigenvalue weighted by atomic mass is 9.95. The van der Waals surface area contributed by atoms with Crippen LogP contribution in [-0.2, 0) is 5.67 Å². The first kappa shape index (κ1) is 9.53. The van der Waals surface area contributed by atoms with E-state index in [0.29, 0.717) is 5.56 Å². The summed E-state index contributed by atoms with van der Waals surface area (Å²) >= 11 is 5.73. The molecular weight excluding hydrogens is 175 g/mol. The molecule has 0 aliphatic rings. The molecule has 0 spiro atoms. The van der Waals surface area contributed by atoms with Crippen molar-refractivity contribution in [3.05, 3.63) is 35.9 Å². The Morgan fingerprint density at radius 3 is 2.25 bits per heavy atom. The molecule has 66 valence electrons. The van der Waals surface area contributed by atoms with Crippen LogP contribution in [0.3, 0.4) is 0 Å². The Hall–Kier alpha value is -0.560. The highest BCUT2D eigenvalue weighted by molar-refractivity contribution is 6.21. The molecule has 0 aromatic heterocycles. The smallest absolute Gasteiger partial charge is 0.149 e. The fraction of sp³-hybridized carbons (Fsp3) is 0.400. The van der Waals surface area contributed by atoms with Gasteiger partial charge in [-0.1, -0.05) is 30.3 Å². The molecule has 0 bridgehead atoms. The molecule has 1 aromatic rings. The predicted molar refractivity (Wildman–Crippen MR) is 50.2 cm³/mol. The van der Waals surface area contributed by atoms with Gasteiger partial charge in [-0.2, -0.15) is 0 Å². The Kier molecular flexibility index (Phi) is 2.73. The van der Waals surface area contributed by atoms with Gasteiger partial charge in [0, 0.05) is 0 Å². The van der Waals surface area contributed by atoms with Crippen molar-refractivity contribution < 1.29 is 4.39 Å². The van der Waals surface area contributed by atoms with Crippen LogP contribution in [-0.4, -0.2) is 5.38 Å². The number of alkyl halides is 2. The summed E-state index contributed by atoms with van der Waals surface area (Å²) in [5.74, 6) is 0. The Morgan fingerprint density at radius 2 is 1.83 bits per heavy atom. The molecule has 2 unspecified atom stereocenters. The van der Waals surface area contributed by atoms with E-state index < -0.39 is 11.0 Å². The van der Waals surface area contributed by atoms with E-state index in [-0.39, 0.29) is 0 Å². The van der Waals surface area contributed by atoms with Crippen LogP contribution in [0.2, 0.25) is 0 Å². The number of hydrogen-bond donors (Lipinski definition) is 0. The first-order valence-corrected chi connectivity index (χ1v) is 4.37. The summed E-state index contributed by atoms with van der Waals surface area (Å²) in [6.07, 6.45) is 0. The van der Waals surface area contributed by atoms with Crippen LogP contribution in [0.15, 0.2) is 30.3 Å². The SMILES string of the molecule is CC(Cl)C(C)(F)c1ccccc1. The molecule has 0 aliphatic heterocycles. The van der Waals surface area contributed by atoms with Crippen LogP contribution >= 0.6 is 11.6 Å². The van der Waals surface area contributed by atoms with Gasteiger partial charge in [-0.25, -0.2) is 4.39 Å². The third kappa shape index (κ3) is 1.78. The van der Waals surface area contributed by atoms with Gasteiger partial charge in [-0.05, 0) is 19.4 Å². The van der Waals surface area contributed by atoms with Gasteiger partial charge in [0.15, 0.2) is 0 Å². The van der Waals surface area contributed by atoms with Crippen molar-refractivity contribution in [1.29, 1.82) is 0 Å². The molecular formula is C10H12ClF. The largest absolute Gasteiger partial charge is 0.237 e. The quantitative estimate of drug-likeness (QED) is 0.621. The molecule has 0 nitrogen and oxygen atoms in total. The summed E-state index contributed by atoms with van der Waals surface area (Å²) < 4.78 is 13.8. The Bertz CT molecular complexity index is 241. The zero-order valence-corrected chi connectivity index (χ0v) is 7.98. The van der Waals surface area contributed by atoms with Gasteiger partial charge in [0.2, 0.25) is 0 Å². The normalized spacial score (nSPS) is 18.3. The molecule has 0 radical (unpaired) electrons. The van der Waals surface area contributed by atoms with Gasteiger partial charge in [0.05, 0.1) is 5.38 Å². The van der Waals surface area contributed by atoms with Gasteiger partial charge in [-0.15, -0.1) is 11.6 Å². The lowest BCUT2D eigenvalue weighted by Gasteiger charge is -2.23. The van der Waals surface area contributed by atoms with Crippen LogP contribution in [0.4, 0.5) is 4.39 Å². The number of benzene rings is 1. The molecule has 2 atom stereocenters. The fourth-order valence-corrected chi connectivity index (χ4v) is 1.12. The van der Waals surface area contributed by atoms with E-state index in [2.05, 4.69) is 0 Å². The second kappa shape index (κ2) is 3.44. The van der Waals surface area contributed by atoms with Crippen LogP contribution < -0.4 is 0 Å². The molecule has 12 heavy (non-hydrogen) atoms. The minimum Gasteiger partial charge on any atom is -0.237 e. The van der Waals surface area contributed by atoms with Crippen LogP contribution in [0.5, 0.6) is 0 Å². The summed E-state index contributed by atoms with van der Waals surface area (Å²) in [7, 11) is 0. The highest BCUT2D eigenvalue weighted by Crippen LogP contribution is 2.31. The van der Waals surface area contributed by atoms with E-state index in [1.54, 1.807) is 19.1 Å². The molecule has 1 aromatic carbocycles. The highest BCUT2D eigenvalue weighted by Gasteiger charge is 2.31. The Morgan fingerprint density at radius 1 is 1.33 bits per heavy atom. The van der Waals surface area contributed by atoms with Gasteiger partial charge in [0.25, 0.3) is 0 Å². The molecule has 0 aliphatic carbocycles. The van der Waals surface area contributed by atoms with Crippen molar-refractivity contribution in [3.8, 4) is 0 Å². The molecule has 1 rings (SSSR count). The van der Waals surface area contributed by atoms with E-state index >= 15 is 0 Å². The zero-order chi connectivity index (χ0) is 9.19. The third-order valence-electron chi connectivity index (χ3n) is 2.09. The number of halogens is 2. The third-order valence-corrected chi connectivity index (χ3v) is 2.50. The van der Waals surface area contributed by atoms with Crippen molar-refractivity contribution in [1.82, 2.24) is 0 Å². The Balaban J connectivity index is 2.98. The molecule has 0 fully saturated rings. The second-order valence-corrected chi connectivity index (χ2v) is 3.71. The van der Waals surface area contributed by atoms with Crippen LogP contribution in [0.25, 0.3) is 0 Å². The van der Waals surface area contributed by atoms with Crippen molar-refractivity contribution in [2.24, 2.45) is 0 Å².